The van der Waals surface area contributed by atoms with Gasteiger partial charge in [-0.15, -0.1) is 0 Å². The number of hydrogen-bond acceptors (Lipinski definition) is 3. The number of piperidine rings is 1. The fraction of sp³-hybridized carbons (Fsp3) is 0.375. The van der Waals surface area contributed by atoms with E-state index in [1.807, 2.05) is 24.3 Å². The van der Waals surface area contributed by atoms with Crippen LogP contribution in [0.3, 0.4) is 0 Å². The number of methoxy groups -OCH3 is 1. The van der Waals surface area contributed by atoms with Crippen LogP contribution in [-0.2, 0) is 4.79 Å². The van der Waals surface area contributed by atoms with Gasteiger partial charge >= 0.3 is 0 Å². The predicted molar refractivity (Wildman–Crippen MR) is 77.0 cm³/mol. The molecule has 4 heteroatoms. The number of carbonyl (C=O) groups is 1. The number of likely N-dealkylation sites (tertiary alicyclic amines) is 1. The van der Waals surface area contributed by atoms with Gasteiger partial charge in [-0.2, -0.15) is 5.26 Å². The summed E-state index contributed by atoms with van der Waals surface area (Å²) in [6, 6.07) is 9.34. The molecule has 1 aromatic rings. The van der Waals surface area contributed by atoms with Gasteiger partial charge in [0.2, 0.25) is 0 Å². The average Bonchev–Trinajstić information content (AvgIpc) is 2.53. The molecule has 0 atom stereocenters. The van der Waals surface area contributed by atoms with Gasteiger partial charge in [0.25, 0.3) is 5.91 Å². The first-order chi connectivity index (χ1) is 9.74. The van der Waals surface area contributed by atoms with Crippen LogP contribution in [0.4, 0.5) is 0 Å². The summed E-state index contributed by atoms with van der Waals surface area (Å²) in [5, 5.41) is 9.22. The van der Waals surface area contributed by atoms with E-state index in [0.717, 1.165) is 37.9 Å². The van der Waals surface area contributed by atoms with Crippen molar-refractivity contribution in [3.63, 3.8) is 0 Å². The lowest BCUT2D eigenvalue weighted by molar-refractivity contribution is -0.127. The first kappa shape index (κ1) is 14.1. The van der Waals surface area contributed by atoms with Gasteiger partial charge in [-0.1, -0.05) is 12.1 Å². The van der Waals surface area contributed by atoms with Crippen LogP contribution in [0.15, 0.2) is 29.8 Å². The number of hydrogen-bond donors (Lipinski definition) is 0. The number of rotatable bonds is 3. The highest BCUT2D eigenvalue weighted by Gasteiger charge is 2.20. The Morgan fingerprint density at radius 2 is 2.10 bits per heavy atom. The Bertz CT molecular complexity index is 552. The third-order valence-corrected chi connectivity index (χ3v) is 3.40. The third kappa shape index (κ3) is 3.39. The van der Waals surface area contributed by atoms with Crippen molar-refractivity contribution in [2.45, 2.75) is 19.3 Å². The number of ether oxygens (including phenoxy) is 1. The molecule has 0 saturated carbocycles. The standard InChI is InChI=1S/C16H18N2O2/c1-20-15-7-5-6-13(11-15)10-14(12-17)16(19)18-8-3-2-4-9-18/h5-7,10-11H,2-4,8-9H2,1H3/b14-10+. The van der Waals surface area contributed by atoms with E-state index < -0.39 is 0 Å². The smallest absolute Gasteiger partial charge is 0.264 e. The second-order valence-corrected chi connectivity index (χ2v) is 4.80. The summed E-state index contributed by atoms with van der Waals surface area (Å²) >= 11 is 0. The van der Waals surface area contributed by atoms with Crippen molar-refractivity contribution >= 4 is 12.0 Å². The molecule has 0 aromatic heterocycles. The van der Waals surface area contributed by atoms with Crippen molar-refractivity contribution in [1.29, 1.82) is 5.26 Å². The Kier molecular flexibility index (Phi) is 4.78. The van der Waals surface area contributed by atoms with E-state index in [1.54, 1.807) is 24.2 Å². The number of benzene rings is 1. The maximum atomic E-state index is 12.3. The zero-order valence-corrected chi connectivity index (χ0v) is 11.6. The molecule has 1 amide bonds. The molecule has 0 N–H and O–H groups in total. The van der Waals surface area contributed by atoms with E-state index in [2.05, 4.69) is 0 Å². The van der Waals surface area contributed by atoms with Crippen LogP contribution in [0.5, 0.6) is 5.75 Å². The summed E-state index contributed by atoms with van der Waals surface area (Å²) in [6.07, 6.45) is 4.82. The van der Waals surface area contributed by atoms with Gasteiger partial charge in [-0.3, -0.25) is 4.79 Å². The molecule has 1 saturated heterocycles. The summed E-state index contributed by atoms with van der Waals surface area (Å²) in [6.45, 7) is 1.49. The maximum Gasteiger partial charge on any atom is 0.264 e. The van der Waals surface area contributed by atoms with Crippen LogP contribution < -0.4 is 4.74 Å². The molecule has 0 radical (unpaired) electrons. The Labute approximate surface area is 119 Å². The van der Waals surface area contributed by atoms with Gasteiger partial charge in [0.1, 0.15) is 17.4 Å². The van der Waals surface area contributed by atoms with E-state index in [4.69, 9.17) is 4.74 Å². The van der Waals surface area contributed by atoms with Crippen LogP contribution in [0.25, 0.3) is 6.08 Å². The average molecular weight is 270 g/mol. The Hall–Kier alpha value is -2.28. The first-order valence-corrected chi connectivity index (χ1v) is 6.79. The molecule has 0 spiro atoms. The van der Waals surface area contributed by atoms with E-state index in [-0.39, 0.29) is 11.5 Å². The highest BCUT2D eigenvalue weighted by atomic mass is 16.5. The summed E-state index contributed by atoms with van der Waals surface area (Å²) < 4.78 is 5.14. The van der Waals surface area contributed by atoms with E-state index in [1.165, 1.54) is 0 Å². The molecule has 0 bridgehead atoms. The molecule has 1 aliphatic rings. The van der Waals surface area contributed by atoms with Crippen LogP contribution >= 0.6 is 0 Å². The van der Waals surface area contributed by atoms with Crippen molar-refractivity contribution in [2.75, 3.05) is 20.2 Å². The molecule has 1 aromatic carbocycles. The van der Waals surface area contributed by atoms with Crippen molar-refractivity contribution < 1.29 is 9.53 Å². The molecule has 1 fully saturated rings. The number of carbonyl (C=O) groups excluding carboxylic acids is 1. The topological polar surface area (TPSA) is 53.3 Å². The zero-order valence-electron chi connectivity index (χ0n) is 11.6. The van der Waals surface area contributed by atoms with Crippen LogP contribution in [-0.4, -0.2) is 31.0 Å². The molecule has 1 aliphatic heterocycles. The largest absolute Gasteiger partial charge is 0.497 e. The number of amides is 1. The molecular formula is C16H18N2O2. The number of nitriles is 1. The lowest BCUT2D eigenvalue weighted by atomic mass is 10.1. The Morgan fingerprint density at radius 3 is 2.75 bits per heavy atom. The fourth-order valence-electron chi connectivity index (χ4n) is 2.31. The normalized spacial score (nSPS) is 15.6. The maximum absolute atomic E-state index is 12.3. The van der Waals surface area contributed by atoms with Crippen LogP contribution in [0, 0.1) is 11.3 Å². The van der Waals surface area contributed by atoms with Gasteiger partial charge in [0, 0.05) is 13.1 Å². The summed E-state index contributed by atoms with van der Waals surface area (Å²) in [5.41, 5.74) is 0.978. The molecular weight excluding hydrogens is 252 g/mol. The minimum atomic E-state index is -0.171. The SMILES string of the molecule is COc1cccc(/C=C(\C#N)C(=O)N2CCCCC2)c1. The Balaban J connectivity index is 2.20. The number of nitrogens with zero attached hydrogens (tertiary/aromatic N) is 2. The van der Waals surface area contributed by atoms with Crippen molar-refractivity contribution in [3.05, 3.63) is 35.4 Å². The van der Waals surface area contributed by atoms with E-state index >= 15 is 0 Å². The fourth-order valence-corrected chi connectivity index (χ4v) is 2.31. The molecule has 0 aliphatic carbocycles. The Morgan fingerprint density at radius 1 is 1.35 bits per heavy atom. The van der Waals surface area contributed by atoms with Gasteiger partial charge in [-0.25, -0.2) is 0 Å². The molecule has 4 nitrogen and oxygen atoms in total. The van der Waals surface area contributed by atoms with Gasteiger partial charge in [0.05, 0.1) is 7.11 Å². The van der Waals surface area contributed by atoms with Gasteiger partial charge in [-0.05, 0) is 43.0 Å². The summed E-state index contributed by atoms with van der Waals surface area (Å²) in [5.74, 6) is 0.538. The predicted octanol–water partition coefficient (Wildman–Crippen LogP) is 2.61. The second-order valence-electron chi connectivity index (χ2n) is 4.80. The molecule has 1 heterocycles. The molecule has 0 unspecified atom stereocenters. The minimum absolute atomic E-state index is 0.171. The van der Waals surface area contributed by atoms with E-state index in [0.29, 0.717) is 5.75 Å². The van der Waals surface area contributed by atoms with Crippen molar-refractivity contribution in [2.24, 2.45) is 0 Å². The summed E-state index contributed by atoms with van der Waals surface area (Å²) in [4.78, 5) is 14.1. The van der Waals surface area contributed by atoms with Gasteiger partial charge in [0.15, 0.2) is 0 Å². The minimum Gasteiger partial charge on any atom is -0.497 e. The second kappa shape index (κ2) is 6.76. The highest BCUT2D eigenvalue weighted by Crippen LogP contribution is 2.17. The lowest BCUT2D eigenvalue weighted by Crippen LogP contribution is -2.36. The van der Waals surface area contributed by atoms with Gasteiger partial charge < -0.3 is 9.64 Å². The quantitative estimate of drug-likeness (QED) is 0.626. The molecule has 104 valence electrons. The zero-order chi connectivity index (χ0) is 14.4. The van der Waals surface area contributed by atoms with Crippen molar-refractivity contribution in [3.8, 4) is 11.8 Å². The molecule has 20 heavy (non-hydrogen) atoms. The van der Waals surface area contributed by atoms with Crippen molar-refractivity contribution in [1.82, 2.24) is 4.90 Å². The van der Waals surface area contributed by atoms with E-state index in [9.17, 15) is 10.1 Å². The monoisotopic (exact) mass is 270 g/mol. The third-order valence-electron chi connectivity index (χ3n) is 3.40. The highest BCUT2D eigenvalue weighted by molar-refractivity contribution is 6.01. The molecule has 2 rings (SSSR count). The first-order valence-electron chi connectivity index (χ1n) is 6.79. The summed E-state index contributed by atoms with van der Waals surface area (Å²) in [7, 11) is 1.59. The lowest BCUT2D eigenvalue weighted by Gasteiger charge is -2.26. The van der Waals surface area contributed by atoms with Crippen LogP contribution in [0.2, 0.25) is 0 Å². The van der Waals surface area contributed by atoms with Crippen LogP contribution in [0.1, 0.15) is 24.8 Å².